The molecular weight excluding hydrogens is 240 g/mol. The van der Waals surface area contributed by atoms with Crippen LogP contribution >= 0.6 is 0 Å². The minimum absolute atomic E-state index is 0.0355. The first-order chi connectivity index (χ1) is 8.95. The molecule has 2 aliphatic rings. The van der Waals surface area contributed by atoms with Gasteiger partial charge in [-0.2, -0.15) is 0 Å². The molecular formula is C15H26N2O2. The SMILES string of the molecule is CCC(C)C1C(=O)NC(C(C)C)C(=O)N1CC1CC1. The summed E-state index contributed by atoms with van der Waals surface area (Å²) in [6.07, 6.45) is 3.31. The summed E-state index contributed by atoms with van der Waals surface area (Å²) in [5, 5.41) is 2.92. The van der Waals surface area contributed by atoms with Gasteiger partial charge in [0.2, 0.25) is 11.8 Å². The molecule has 108 valence electrons. The maximum atomic E-state index is 12.6. The Kier molecular flexibility index (Phi) is 4.16. The third-order valence-electron chi connectivity index (χ3n) is 4.45. The molecule has 2 fully saturated rings. The van der Waals surface area contributed by atoms with Gasteiger partial charge in [-0.05, 0) is 30.6 Å². The number of carbonyl (C=O) groups is 2. The van der Waals surface area contributed by atoms with E-state index in [-0.39, 0.29) is 35.7 Å². The highest BCUT2D eigenvalue weighted by atomic mass is 16.2. The molecule has 1 N–H and O–H groups in total. The Morgan fingerprint density at radius 2 is 1.89 bits per heavy atom. The highest BCUT2D eigenvalue weighted by Crippen LogP contribution is 2.33. The number of hydrogen-bond acceptors (Lipinski definition) is 2. The summed E-state index contributed by atoms with van der Waals surface area (Å²) in [6, 6.07) is -0.611. The number of carbonyl (C=O) groups excluding carboxylic acids is 2. The summed E-state index contributed by atoms with van der Waals surface area (Å²) in [5.74, 6) is 1.14. The second-order valence-corrected chi connectivity index (χ2v) is 6.49. The smallest absolute Gasteiger partial charge is 0.246 e. The summed E-state index contributed by atoms with van der Waals surface area (Å²) < 4.78 is 0. The molecule has 3 unspecified atom stereocenters. The van der Waals surface area contributed by atoms with Crippen molar-refractivity contribution in [3.05, 3.63) is 0 Å². The van der Waals surface area contributed by atoms with E-state index in [1.165, 1.54) is 12.8 Å². The van der Waals surface area contributed by atoms with Gasteiger partial charge < -0.3 is 10.2 Å². The normalized spacial score (nSPS) is 29.6. The molecule has 1 aliphatic heterocycles. The Balaban J connectivity index is 2.21. The molecule has 2 rings (SSSR count). The van der Waals surface area contributed by atoms with E-state index in [2.05, 4.69) is 19.2 Å². The maximum absolute atomic E-state index is 12.6. The number of rotatable bonds is 5. The Labute approximate surface area is 115 Å². The van der Waals surface area contributed by atoms with Crippen LogP contribution in [-0.4, -0.2) is 35.3 Å². The number of nitrogens with one attached hydrogen (secondary N) is 1. The first kappa shape index (κ1) is 14.4. The molecule has 1 heterocycles. The number of amides is 2. The molecule has 2 amide bonds. The minimum atomic E-state index is -0.341. The first-order valence-corrected chi connectivity index (χ1v) is 7.56. The van der Waals surface area contributed by atoms with E-state index in [1.807, 2.05) is 18.7 Å². The molecule has 1 aliphatic carbocycles. The average molecular weight is 266 g/mol. The summed E-state index contributed by atoms with van der Waals surface area (Å²) in [4.78, 5) is 26.9. The second-order valence-electron chi connectivity index (χ2n) is 6.49. The molecule has 0 aromatic heterocycles. The zero-order chi connectivity index (χ0) is 14.2. The lowest BCUT2D eigenvalue weighted by molar-refractivity contribution is -0.153. The van der Waals surface area contributed by atoms with Crippen LogP contribution in [0.3, 0.4) is 0 Å². The van der Waals surface area contributed by atoms with Crippen LogP contribution in [0.2, 0.25) is 0 Å². The Hall–Kier alpha value is -1.06. The second kappa shape index (κ2) is 5.51. The fourth-order valence-electron chi connectivity index (χ4n) is 2.78. The Morgan fingerprint density at radius 1 is 1.26 bits per heavy atom. The highest BCUT2D eigenvalue weighted by molar-refractivity contribution is 5.97. The lowest BCUT2D eigenvalue weighted by Crippen LogP contribution is -2.66. The Morgan fingerprint density at radius 3 is 2.37 bits per heavy atom. The minimum Gasteiger partial charge on any atom is -0.342 e. The van der Waals surface area contributed by atoms with E-state index in [1.54, 1.807) is 0 Å². The van der Waals surface area contributed by atoms with Crippen molar-refractivity contribution in [3.8, 4) is 0 Å². The third-order valence-corrected chi connectivity index (χ3v) is 4.45. The number of piperazine rings is 1. The van der Waals surface area contributed by atoms with Crippen LogP contribution in [0.25, 0.3) is 0 Å². The van der Waals surface area contributed by atoms with Crippen LogP contribution in [0.4, 0.5) is 0 Å². The molecule has 1 saturated heterocycles. The van der Waals surface area contributed by atoms with Gasteiger partial charge in [-0.1, -0.05) is 34.1 Å². The standard InChI is InChI=1S/C15H26N2O2/c1-5-10(4)13-14(18)16-12(9(2)3)15(19)17(13)8-11-6-7-11/h9-13H,5-8H2,1-4H3,(H,16,18). The Bertz CT molecular complexity index is 363. The monoisotopic (exact) mass is 266 g/mol. The fourth-order valence-corrected chi connectivity index (χ4v) is 2.78. The van der Waals surface area contributed by atoms with Crippen molar-refractivity contribution >= 4 is 11.8 Å². The van der Waals surface area contributed by atoms with Crippen LogP contribution in [0, 0.1) is 17.8 Å². The predicted octanol–water partition coefficient (Wildman–Crippen LogP) is 1.79. The average Bonchev–Trinajstić information content (AvgIpc) is 3.16. The van der Waals surface area contributed by atoms with E-state index in [0.29, 0.717) is 5.92 Å². The van der Waals surface area contributed by atoms with Crippen LogP contribution in [0.1, 0.15) is 47.0 Å². The molecule has 19 heavy (non-hydrogen) atoms. The number of nitrogens with zero attached hydrogens (tertiary/aromatic N) is 1. The molecule has 0 radical (unpaired) electrons. The van der Waals surface area contributed by atoms with Crippen molar-refractivity contribution in [1.29, 1.82) is 0 Å². The van der Waals surface area contributed by atoms with E-state index >= 15 is 0 Å². The maximum Gasteiger partial charge on any atom is 0.246 e. The van der Waals surface area contributed by atoms with Crippen molar-refractivity contribution in [2.45, 2.75) is 59.0 Å². The number of hydrogen-bond donors (Lipinski definition) is 1. The van der Waals surface area contributed by atoms with Gasteiger partial charge in [-0.15, -0.1) is 0 Å². The van der Waals surface area contributed by atoms with Crippen LogP contribution in [0.15, 0.2) is 0 Å². The van der Waals surface area contributed by atoms with E-state index in [0.717, 1.165) is 13.0 Å². The summed E-state index contributed by atoms with van der Waals surface area (Å²) >= 11 is 0. The van der Waals surface area contributed by atoms with E-state index in [9.17, 15) is 9.59 Å². The third kappa shape index (κ3) is 2.93. The summed E-state index contributed by atoms with van der Waals surface area (Å²) in [7, 11) is 0. The zero-order valence-electron chi connectivity index (χ0n) is 12.5. The molecule has 0 bridgehead atoms. The van der Waals surface area contributed by atoms with Gasteiger partial charge in [0.1, 0.15) is 12.1 Å². The molecule has 1 saturated carbocycles. The lowest BCUT2D eigenvalue weighted by atomic mass is 9.90. The van der Waals surface area contributed by atoms with Crippen molar-refractivity contribution < 1.29 is 9.59 Å². The molecule has 0 spiro atoms. The van der Waals surface area contributed by atoms with Crippen molar-refractivity contribution in [2.24, 2.45) is 17.8 Å². The fraction of sp³-hybridized carbons (Fsp3) is 0.867. The first-order valence-electron chi connectivity index (χ1n) is 7.56. The van der Waals surface area contributed by atoms with Gasteiger partial charge in [-0.3, -0.25) is 9.59 Å². The van der Waals surface area contributed by atoms with Crippen LogP contribution in [-0.2, 0) is 9.59 Å². The van der Waals surface area contributed by atoms with Gasteiger partial charge in [-0.25, -0.2) is 0 Å². The van der Waals surface area contributed by atoms with Gasteiger partial charge in [0, 0.05) is 6.54 Å². The van der Waals surface area contributed by atoms with Gasteiger partial charge >= 0.3 is 0 Å². The summed E-state index contributed by atoms with van der Waals surface area (Å²) in [5.41, 5.74) is 0. The van der Waals surface area contributed by atoms with Crippen molar-refractivity contribution in [1.82, 2.24) is 10.2 Å². The largest absolute Gasteiger partial charge is 0.342 e. The van der Waals surface area contributed by atoms with E-state index in [4.69, 9.17) is 0 Å². The molecule has 4 heteroatoms. The quantitative estimate of drug-likeness (QED) is 0.825. The van der Waals surface area contributed by atoms with Gasteiger partial charge in [0.15, 0.2) is 0 Å². The van der Waals surface area contributed by atoms with Gasteiger partial charge in [0.25, 0.3) is 0 Å². The summed E-state index contributed by atoms with van der Waals surface area (Å²) in [6.45, 7) is 8.88. The zero-order valence-corrected chi connectivity index (χ0v) is 12.5. The topological polar surface area (TPSA) is 49.4 Å². The highest BCUT2D eigenvalue weighted by Gasteiger charge is 2.45. The molecule has 3 atom stereocenters. The van der Waals surface area contributed by atoms with Crippen LogP contribution < -0.4 is 5.32 Å². The lowest BCUT2D eigenvalue weighted by Gasteiger charge is -2.42. The van der Waals surface area contributed by atoms with Gasteiger partial charge in [0.05, 0.1) is 0 Å². The van der Waals surface area contributed by atoms with Crippen LogP contribution in [0.5, 0.6) is 0 Å². The molecule has 4 nitrogen and oxygen atoms in total. The van der Waals surface area contributed by atoms with Crippen molar-refractivity contribution in [2.75, 3.05) is 6.54 Å². The molecule has 0 aromatic rings. The predicted molar refractivity (Wildman–Crippen MR) is 74.4 cm³/mol. The van der Waals surface area contributed by atoms with Crippen molar-refractivity contribution in [3.63, 3.8) is 0 Å². The molecule has 0 aromatic carbocycles. The van der Waals surface area contributed by atoms with E-state index < -0.39 is 0 Å².